The van der Waals surface area contributed by atoms with Gasteiger partial charge in [-0.25, -0.2) is 0 Å². The minimum atomic E-state index is -0.525. The molecule has 1 aromatic heterocycles. The third-order valence-electron chi connectivity index (χ3n) is 3.29. The smallest absolute Gasteiger partial charge is 0.218 e. The van der Waals surface area contributed by atoms with E-state index in [2.05, 4.69) is 26.1 Å². The molecule has 1 aromatic rings. The van der Waals surface area contributed by atoms with Crippen molar-refractivity contribution < 1.29 is 9.21 Å². The van der Waals surface area contributed by atoms with Crippen LogP contribution >= 0.6 is 15.9 Å². The number of carbonyl (C=O) groups is 1. The molecule has 4 nitrogen and oxygen atoms in total. The molecular formula is C12H17BrN2O2. The summed E-state index contributed by atoms with van der Waals surface area (Å²) >= 11 is 3.34. The summed E-state index contributed by atoms with van der Waals surface area (Å²) in [6, 6.07) is 1.75. The molecule has 2 rings (SSSR count). The molecule has 0 spiro atoms. The third-order valence-corrected chi connectivity index (χ3v) is 3.91. The predicted molar refractivity (Wildman–Crippen MR) is 69.3 cm³/mol. The Bertz CT molecular complexity index is 408. The molecule has 94 valence electrons. The number of ketones is 1. The Labute approximate surface area is 109 Å². The largest absolute Gasteiger partial charge is 0.460 e. The maximum absolute atomic E-state index is 12.5. The van der Waals surface area contributed by atoms with Gasteiger partial charge in [0.05, 0.1) is 16.3 Å². The molecule has 1 N–H and O–H groups in total. The molecule has 17 heavy (non-hydrogen) atoms. The second-order valence-electron chi connectivity index (χ2n) is 4.72. The predicted octanol–water partition coefficient (Wildman–Crippen LogP) is 1.91. The van der Waals surface area contributed by atoms with Crippen molar-refractivity contribution in [2.75, 3.05) is 26.2 Å². The minimum Gasteiger partial charge on any atom is -0.460 e. The van der Waals surface area contributed by atoms with E-state index in [1.807, 2.05) is 13.8 Å². The molecular weight excluding hydrogens is 284 g/mol. The van der Waals surface area contributed by atoms with Crippen molar-refractivity contribution >= 4 is 21.7 Å². The van der Waals surface area contributed by atoms with E-state index in [9.17, 15) is 4.79 Å². The van der Waals surface area contributed by atoms with Gasteiger partial charge in [0.2, 0.25) is 5.78 Å². The van der Waals surface area contributed by atoms with E-state index in [0.29, 0.717) is 5.76 Å². The zero-order chi connectivity index (χ0) is 12.5. The fraction of sp³-hybridized carbons (Fsp3) is 0.583. The van der Waals surface area contributed by atoms with Gasteiger partial charge in [0.1, 0.15) is 0 Å². The maximum atomic E-state index is 12.5. The van der Waals surface area contributed by atoms with Crippen LogP contribution in [0.3, 0.4) is 0 Å². The van der Waals surface area contributed by atoms with Gasteiger partial charge >= 0.3 is 0 Å². The summed E-state index contributed by atoms with van der Waals surface area (Å²) in [5.74, 6) is 0.435. The number of halogens is 1. The fourth-order valence-electron chi connectivity index (χ4n) is 2.10. The van der Waals surface area contributed by atoms with Gasteiger partial charge in [0.15, 0.2) is 5.76 Å². The number of nitrogens with zero attached hydrogens (tertiary/aromatic N) is 1. The van der Waals surface area contributed by atoms with Gasteiger partial charge in [-0.2, -0.15) is 0 Å². The zero-order valence-corrected chi connectivity index (χ0v) is 11.7. The average Bonchev–Trinajstić information content (AvgIpc) is 2.75. The number of rotatable bonds is 3. The van der Waals surface area contributed by atoms with E-state index in [4.69, 9.17) is 4.42 Å². The first kappa shape index (κ1) is 12.8. The SMILES string of the molecule is CC(C)(C(=O)c1occc1Br)N1CCNCC1. The number of furan rings is 1. The summed E-state index contributed by atoms with van der Waals surface area (Å²) in [6.45, 7) is 7.53. The number of piperazine rings is 1. The van der Waals surface area contributed by atoms with Crippen molar-refractivity contribution in [1.82, 2.24) is 10.2 Å². The van der Waals surface area contributed by atoms with E-state index in [1.165, 1.54) is 6.26 Å². The highest BCUT2D eigenvalue weighted by Crippen LogP contribution is 2.26. The zero-order valence-electron chi connectivity index (χ0n) is 10.1. The van der Waals surface area contributed by atoms with Gasteiger partial charge in [-0.15, -0.1) is 0 Å². The molecule has 2 heterocycles. The fourth-order valence-corrected chi connectivity index (χ4v) is 2.48. The summed E-state index contributed by atoms with van der Waals surface area (Å²) in [6.07, 6.45) is 1.53. The Hall–Kier alpha value is -0.650. The topological polar surface area (TPSA) is 45.5 Å². The number of Topliss-reactive ketones (excluding diaryl/α,β-unsaturated/α-hetero) is 1. The molecule has 0 radical (unpaired) electrons. The summed E-state index contributed by atoms with van der Waals surface area (Å²) < 4.78 is 5.99. The molecule has 0 atom stereocenters. The van der Waals surface area contributed by atoms with Crippen molar-refractivity contribution in [2.45, 2.75) is 19.4 Å². The number of carbonyl (C=O) groups excluding carboxylic acids is 1. The Morgan fingerprint density at radius 1 is 1.47 bits per heavy atom. The van der Waals surface area contributed by atoms with Crippen molar-refractivity contribution in [3.05, 3.63) is 22.6 Å². The van der Waals surface area contributed by atoms with Crippen LogP contribution in [0.15, 0.2) is 21.2 Å². The lowest BCUT2D eigenvalue weighted by Crippen LogP contribution is -2.57. The van der Waals surface area contributed by atoms with Gasteiger partial charge in [0.25, 0.3) is 0 Å². The number of hydrogen-bond acceptors (Lipinski definition) is 4. The quantitative estimate of drug-likeness (QED) is 0.866. The van der Waals surface area contributed by atoms with Crippen LogP contribution in [0.25, 0.3) is 0 Å². The van der Waals surface area contributed by atoms with Crippen LogP contribution in [0.1, 0.15) is 24.4 Å². The molecule has 0 aliphatic carbocycles. The van der Waals surface area contributed by atoms with Crippen molar-refractivity contribution in [2.24, 2.45) is 0 Å². The Balaban J connectivity index is 2.19. The molecule has 1 saturated heterocycles. The first-order valence-corrected chi connectivity index (χ1v) is 6.56. The van der Waals surface area contributed by atoms with Gasteiger partial charge in [0, 0.05) is 26.2 Å². The lowest BCUT2D eigenvalue weighted by atomic mass is 9.94. The number of nitrogens with one attached hydrogen (secondary N) is 1. The average molecular weight is 301 g/mol. The Kier molecular flexibility index (Phi) is 3.70. The van der Waals surface area contributed by atoms with Crippen LogP contribution in [-0.4, -0.2) is 42.4 Å². The molecule has 0 saturated carbocycles. The highest BCUT2D eigenvalue weighted by Gasteiger charge is 2.38. The van der Waals surface area contributed by atoms with E-state index in [0.717, 1.165) is 30.7 Å². The van der Waals surface area contributed by atoms with Crippen LogP contribution in [0.2, 0.25) is 0 Å². The Morgan fingerprint density at radius 3 is 2.65 bits per heavy atom. The van der Waals surface area contributed by atoms with Gasteiger partial charge in [-0.05, 0) is 35.8 Å². The molecule has 0 unspecified atom stereocenters. The summed E-state index contributed by atoms with van der Waals surface area (Å²) in [7, 11) is 0. The molecule has 5 heteroatoms. The van der Waals surface area contributed by atoms with Crippen LogP contribution in [0, 0.1) is 0 Å². The third kappa shape index (κ3) is 2.46. The second kappa shape index (κ2) is 4.92. The Morgan fingerprint density at radius 2 is 2.12 bits per heavy atom. The van der Waals surface area contributed by atoms with E-state index < -0.39 is 5.54 Å². The lowest BCUT2D eigenvalue weighted by molar-refractivity contribution is 0.0573. The van der Waals surface area contributed by atoms with Crippen LogP contribution in [0.4, 0.5) is 0 Å². The highest BCUT2D eigenvalue weighted by molar-refractivity contribution is 9.10. The van der Waals surface area contributed by atoms with Crippen LogP contribution < -0.4 is 5.32 Å². The standard InChI is InChI=1S/C12H17BrN2O2/c1-12(2,15-6-4-14-5-7-15)11(16)10-9(13)3-8-17-10/h3,8,14H,4-7H2,1-2H3. The molecule has 1 fully saturated rings. The molecule has 0 aromatic carbocycles. The second-order valence-corrected chi connectivity index (χ2v) is 5.58. The van der Waals surface area contributed by atoms with E-state index in [-0.39, 0.29) is 5.78 Å². The number of hydrogen-bond donors (Lipinski definition) is 1. The van der Waals surface area contributed by atoms with E-state index >= 15 is 0 Å². The molecule has 1 aliphatic heterocycles. The van der Waals surface area contributed by atoms with Crippen LogP contribution in [0.5, 0.6) is 0 Å². The normalized spacial score (nSPS) is 18.3. The molecule has 1 aliphatic rings. The maximum Gasteiger partial charge on any atom is 0.218 e. The highest BCUT2D eigenvalue weighted by atomic mass is 79.9. The van der Waals surface area contributed by atoms with Crippen molar-refractivity contribution in [1.29, 1.82) is 0 Å². The first-order chi connectivity index (χ1) is 8.03. The molecule has 0 bridgehead atoms. The van der Waals surface area contributed by atoms with Crippen molar-refractivity contribution in [3.63, 3.8) is 0 Å². The minimum absolute atomic E-state index is 0.0243. The summed E-state index contributed by atoms with van der Waals surface area (Å²) in [5, 5.41) is 3.29. The van der Waals surface area contributed by atoms with Crippen LogP contribution in [-0.2, 0) is 0 Å². The van der Waals surface area contributed by atoms with Gasteiger partial charge in [-0.1, -0.05) is 0 Å². The van der Waals surface area contributed by atoms with Gasteiger partial charge in [-0.3, -0.25) is 9.69 Å². The first-order valence-electron chi connectivity index (χ1n) is 5.77. The van der Waals surface area contributed by atoms with E-state index in [1.54, 1.807) is 6.07 Å². The summed E-state index contributed by atoms with van der Waals surface area (Å²) in [5.41, 5.74) is -0.525. The molecule has 0 amide bonds. The monoisotopic (exact) mass is 300 g/mol. The summed E-state index contributed by atoms with van der Waals surface area (Å²) in [4.78, 5) is 14.7. The van der Waals surface area contributed by atoms with Gasteiger partial charge < -0.3 is 9.73 Å². The lowest BCUT2D eigenvalue weighted by Gasteiger charge is -2.39. The van der Waals surface area contributed by atoms with Crippen molar-refractivity contribution in [3.8, 4) is 0 Å².